The first kappa shape index (κ1) is 16.6. The quantitative estimate of drug-likeness (QED) is 0.921. The van der Waals surface area contributed by atoms with Crippen molar-refractivity contribution in [1.82, 2.24) is 20.4 Å². The van der Waals surface area contributed by atoms with Gasteiger partial charge in [0.1, 0.15) is 0 Å². The minimum atomic E-state index is -0.228. The highest BCUT2D eigenvalue weighted by atomic mass is 32.1. The highest BCUT2D eigenvalue weighted by Gasteiger charge is 2.35. The molecule has 0 spiro atoms. The van der Waals surface area contributed by atoms with Crippen LogP contribution >= 0.6 is 11.3 Å². The summed E-state index contributed by atoms with van der Waals surface area (Å²) in [5.74, 6) is 0.110. The normalized spacial score (nSPS) is 15.7. The van der Waals surface area contributed by atoms with E-state index in [2.05, 4.69) is 15.5 Å². The lowest BCUT2D eigenvalue weighted by atomic mass is 9.92. The van der Waals surface area contributed by atoms with E-state index in [0.29, 0.717) is 18.8 Å². The van der Waals surface area contributed by atoms with Gasteiger partial charge in [-0.15, -0.1) is 16.4 Å². The van der Waals surface area contributed by atoms with Crippen LogP contribution < -0.4 is 5.32 Å². The van der Waals surface area contributed by atoms with Gasteiger partial charge < -0.3 is 10.2 Å². The van der Waals surface area contributed by atoms with Crippen molar-refractivity contribution in [2.75, 3.05) is 13.1 Å². The highest BCUT2D eigenvalue weighted by Crippen LogP contribution is 2.24. The Morgan fingerprint density at radius 3 is 2.54 bits per heavy atom. The second kappa shape index (κ2) is 6.68. The molecule has 3 heterocycles. The summed E-state index contributed by atoms with van der Waals surface area (Å²) in [5.41, 5.74) is 1.09. The molecule has 0 aliphatic carbocycles. The molecular formula is C17H20N4O2S. The fourth-order valence-electron chi connectivity index (χ4n) is 2.62. The first-order valence-electron chi connectivity index (χ1n) is 7.91. The Hall–Kier alpha value is -2.28. The molecule has 24 heavy (non-hydrogen) atoms. The van der Waals surface area contributed by atoms with E-state index >= 15 is 0 Å². The standard InChI is InChI=1S/C17H20N4O2S/c1-10-4-6-14(20-19-10)16(22)18-12(3)13-8-21(9-13)17(23)15-7-5-11(2)24-15/h4-7,12-13H,8-9H2,1-3H3,(H,18,22). The zero-order valence-electron chi connectivity index (χ0n) is 13.9. The Morgan fingerprint density at radius 2 is 1.96 bits per heavy atom. The molecular weight excluding hydrogens is 324 g/mol. The number of aryl methyl sites for hydroxylation is 2. The summed E-state index contributed by atoms with van der Waals surface area (Å²) in [5, 5.41) is 10.7. The molecule has 2 aromatic rings. The Labute approximate surface area is 144 Å². The first-order valence-corrected chi connectivity index (χ1v) is 8.72. The third-order valence-corrected chi connectivity index (χ3v) is 5.23. The second-order valence-electron chi connectivity index (χ2n) is 6.20. The van der Waals surface area contributed by atoms with Crippen LogP contribution in [0.5, 0.6) is 0 Å². The van der Waals surface area contributed by atoms with Crippen LogP contribution in [0.4, 0.5) is 0 Å². The van der Waals surface area contributed by atoms with Crippen molar-refractivity contribution in [2.24, 2.45) is 5.92 Å². The fourth-order valence-corrected chi connectivity index (χ4v) is 3.45. The van der Waals surface area contributed by atoms with Crippen molar-refractivity contribution < 1.29 is 9.59 Å². The fraction of sp³-hybridized carbons (Fsp3) is 0.412. The Kier molecular flexibility index (Phi) is 4.62. The van der Waals surface area contributed by atoms with Crippen molar-refractivity contribution in [3.05, 3.63) is 45.4 Å². The van der Waals surface area contributed by atoms with Gasteiger partial charge in [0.05, 0.1) is 10.6 Å². The van der Waals surface area contributed by atoms with Gasteiger partial charge in [-0.3, -0.25) is 9.59 Å². The van der Waals surface area contributed by atoms with E-state index in [1.54, 1.807) is 12.1 Å². The molecule has 1 fully saturated rings. The van der Waals surface area contributed by atoms with Crippen molar-refractivity contribution in [3.8, 4) is 0 Å². The lowest BCUT2D eigenvalue weighted by molar-refractivity contribution is 0.0434. The molecule has 7 heteroatoms. The summed E-state index contributed by atoms with van der Waals surface area (Å²) in [4.78, 5) is 28.2. The van der Waals surface area contributed by atoms with E-state index in [1.807, 2.05) is 37.8 Å². The minimum Gasteiger partial charge on any atom is -0.348 e. The summed E-state index contributed by atoms with van der Waals surface area (Å²) < 4.78 is 0. The molecule has 0 radical (unpaired) electrons. The van der Waals surface area contributed by atoms with Crippen LogP contribution in [0.25, 0.3) is 0 Å². The average molecular weight is 344 g/mol. The van der Waals surface area contributed by atoms with E-state index in [4.69, 9.17) is 0 Å². The molecule has 6 nitrogen and oxygen atoms in total. The van der Waals surface area contributed by atoms with Crippen LogP contribution in [-0.4, -0.2) is 46.0 Å². The highest BCUT2D eigenvalue weighted by molar-refractivity contribution is 7.13. The molecule has 126 valence electrons. The molecule has 1 unspecified atom stereocenters. The van der Waals surface area contributed by atoms with E-state index in [1.165, 1.54) is 11.3 Å². The number of likely N-dealkylation sites (tertiary alicyclic amines) is 1. The first-order chi connectivity index (χ1) is 11.4. The minimum absolute atomic E-state index is 0.0188. The van der Waals surface area contributed by atoms with Crippen LogP contribution in [0.2, 0.25) is 0 Å². The van der Waals surface area contributed by atoms with Gasteiger partial charge in [0.15, 0.2) is 5.69 Å². The van der Waals surface area contributed by atoms with Crippen LogP contribution in [0.3, 0.4) is 0 Å². The molecule has 1 saturated heterocycles. The number of nitrogens with zero attached hydrogens (tertiary/aromatic N) is 3. The molecule has 2 amide bonds. The molecule has 1 aliphatic rings. The maximum atomic E-state index is 12.3. The Morgan fingerprint density at radius 1 is 1.21 bits per heavy atom. The zero-order chi connectivity index (χ0) is 17.3. The third-order valence-electron chi connectivity index (χ3n) is 4.24. The average Bonchev–Trinajstić information content (AvgIpc) is 2.92. The van der Waals surface area contributed by atoms with Gasteiger partial charge in [-0.1, -0.05) is 0 Å². The number of aromatic nitrogens is 2. The van der Waals surface area contributed by atoms with Gasteiger partial charge in [0, 0.05) is 29.9 Å². The molecule has 0 saturated carbocycles. The Balaban J connectivity index is 1.51. The van der Waals surface area contributed by atoms with Crippen LogP contribution in [0, 0.1) is 19.8 Å². The Bertz CT molecular complexity index is 750. The van der Waals surface area contributed by atoms with Gasteiger partial charge in [-0.25, -0.2) is 0 Å². The van der Waals surface area contributed by atoms with E-state index in [0.717, 1.165) is 15.4 Å². The molecule has 2 aromatic heterocycles. The maximum Gasteiger partial charge on any atom is 0.272 e. The lowest BCUT2D eigenvalue weighted by Gasteiger charge is -2.42. The number of rotatable bonds is 4. The predicted octanol–water partition coefficient (Wildman–Crippen LogP) is 2.05. The van der Waals surface area contributed by atoms with Crippen molar-refractivity contribution in [1.29, 1.82) is 0 Å². The van der Waals surface area contributed by atoms with E-state index < -0.39 is 0 Å². The monoisotopic (exact) mass is 344 g/mol. The van der Waals surface area contributed by atoms with Crippen molar-refractivity contribution in [3.63, 3.8) is 0 Å². The smallest absolute Gasteiger partial charge is 0.272 e. The number of carbonyl (C=O) groups excluding carboxylic acids is 2. The zero-order valence-corrected chi connectivity index (χ0v) is 14.8. The largest absolute Gasteiger partial charge is 0.348 e. The molecule has 0 bridgehead atoms. The number of amides is 2. The number of thiophene rings is 1. The third kappa shape index (κ3) is 3.46. The number of hydrogen-bond acceptors (Lipinski definition) is 5. The summed E-state index contributed by atoms with van der Waals surface area (Å²) >= 11 is 1.52. The van der Waals surface area contributed by atoms with E-state index in [9.17, 15) is 9.59 Å². The van der Waals surface area contributed by atoms with Crippen LogP contribution in [0.1, 0.15) is 37.7 Å². The molecule has 1 N–H and O–H groups in total. The molecule has 1 atom stereocenters. The molecule has 1 aliphatic heterocycles. The lowest BCUT2D eigenvalue weighted by Crippen LogP contribution is -2.57. The number of hydrogen-bond donors (Lipinski definition) is 1. The van der Waals surface area contributed by atoms with E-state index in [-0.39, 0.29) is 23.8 Å². The summed E-state index contributed by atoms with van der Waals surface area (Å²) in [6.07, 6.45) is 0. The number of carbonyl (C=O) groups is 2. The van der Waals surface area contributed by atoms with Crippen LogP contribution in [-0.2, 0) is 0 Å². The summed E-state index contributed by atoms with van der Waals surface area (Å²) in [6.45, 7) is 7.10. The van der Waals surface area contributed by atoms with Gasteiger partial charge in [-0.2, -0.15) is 5.10 Å². The molecule has 0 aromatic carbocycles. The van der Waals surface area contributed by atoms with Crippen molar-refractivity contribution in [2.45, 2.75) is 26.8 Å². The summed E-state index contributed by atoms with van der Waals surface area (Å²) in [7, 11) is 0. The second-order valence-corrected chi connectivity index (χ2v) is 7.49. The topological polar surface area (TPSA) is 75.2 Å². The van der Waals surface area contributed by atoms with Gasteiger partial charge in [0.25, 0.3) is 11.8 Å². The van der Waals surface area contributed by atoms with Gasteiger partial charge in [0.2, 0.25) is 0 Å². The van der Waals surface area contributed by atoms with Crippen molar-refractivity contribution >= 4 is 23.2 Å². The van der Waals surface area contributed by atoms with Crippen LogP contribution in [0.15, 0.2) is 24.3 Å². The molecule has 3 rings (SSSR count). The maximum absolute atomic E-state index is 12.3. The SMILES string of the molecule is Cc1ccc(C(=O)NC(C)C2CN(C(=O)c3ccc(C)s3)C2)nn1. The predicted molar refractivity (Wildman–Crippen MR) is 92.1 cm³/mol. The number of nitrogens with one attached hydrogen (secondary N) is 1. The van der Waals surface area contributed by atoms with Gasteiger partial charge in [-0.05, 0) is 45.0 Å². The summed E-state index contributed by atoms with van der Waals surface area (Å²) in [6, 6.07) is 7.24. The van der Waals surface area contributed by atoms with Gasteiger partial charge >= 0.3 is 0 Å².